The summed E-state index contributed by atoms with van der Waals surface area (Å²) < 4.78 is 1.80. The minimum absolute atomic E-state index is 0.519. The fraction of sp³-hybridized carbons (Fsp3) is 0.375. The molecule has 2 aromatic rings. The van der Waals surface area contributed by atoms with E-state index in [4.69, 9.17) is 5.11 Å². The third kappa shape index (κ3) is 4.43. The van der Waals surface area contributed by atoms with Gasteiger partial charge in [-0.15, -0.1) is 0 Å². The zero-order valence-electron chi connectivity index (χ0n) is 12.2. The molecule has 0 saturated heterocycles. The van der Waals surface area contributed by atoms with Crippen molar-refractivity contribution >= 4 is 5.97 Å². The van der Waals surface area contributed by atoms with Crippen LogP contribution in [0.3, 0.4) is 0 Å². The second kappa shape index (κ2) is 7.59. The summed E-state index contributed by atoms with van der Waals surface area (Å²) in [6.07, 6.45) is 5.20. The largest absolute Gasteiger partial charge is 0.480 e. The van der Waals surface area contributed by atoms with E-state index >= 15 is 0 Å². The lowest BCUT2D eigenvalue weighted by molar-refractivity contribution is -0.139. The first-order chi connectivity index (χ1) is 10.2. The molecule has 1 unspecified atom stereocenters. The van der Waals surface area contributed by atoms with Crippen LogP contribution in [0.5, 0.6) is 0 Å². The maximum absolute atomic E-state index is 11.2. The maximum Gasteiger partial charge on any atom is 0.320 e. The van der Waals surface area contributed by atoms with Gasteiger partial charge in [0.15, 0.2) is 0 Å². The van der Waals surface area contributed by atoms with E-state index in [1.54, 1.807) is 4.68 Å². The van der Waals surface area contributed by atoms with E-state index in [0.29, 0.717) is 19.5 Å². The van der Waals surface area contributed by atoms with Crippen molar-refractivity contribution in [1.29, 1.82) is 0 Å². The monoisotopic (exact) mass is 287 g/mol. The van der Waals surface area contributed by atoms with Crippen LogP contribution < -0.4 is 5.32 Å². The van der Waals surface area contributed by atoms with Crippen molar-refractivity contribution in [3.05, 3.63) is 42.7 Å². The first-order valence-electron chi connectivity index (χ1n) is 7.24. The summed E-state index contributed by atoms with van der Waals surface area (Å²) in [5.41, 5.74) is 2.16. The summed E-state index contributed by atoms with van der Waals surface area (Å²) in [6, 6.07) is 9.50. The van der Waals surface area contributed by atoms with Crippen LogP contribution in [0.1, 0.15) is 19.8 Å². The minimum Gasteiger partial charge on any atom is -0.480 e. The Morgan fingerprint density at radius 3 is 2.76 bits per heavy atom. The molecule has 0 saturated carbocycles. The molecule has 1 atom stereocenters. The van der Waals surface area contributed by atoms with Crippen molar-refractivity contribution in [2.45, 2.75) is 32.4 Å². The number of benzene rings is 1. The zero-order valence-corrected chi connectivity index (χ0v) is 12.2. The molecule has 1 heterocycles. The van der Waals surface area contributed by atoms with Gasteiger partial charge < -0.3 is 10.4 Å². The highest BCUT2D eigenvalue weighted by atomic mass is 16.4. The van der Waals surface area contributed by atoms with Gasteiger partial charge in [-0.1, -0.05) is 37.3 Å². The van der Waals surface area contributed by atoms with E-state index in [1.807, 2.05) is 49.6 Å². The summed E-state index contributed by atoms with van der Waals surface area (Å²) in [5.74, 6) is -0.807. The van der Waals surface area contributed by atoms with Gasteiger partial charge in [0.2, 0.25) is 0 Å². The van der Waals surface area contributed by atoms with Crippen LogP contribution in [0.15, 0.2) is 42.7 Å². The van der Waals surface area contributed by atoms with Crippen molar-refractivity contribution < 1.29 is 9.90 Å². The molecule has 21 heavy (non-hydrogen) atoms. The maximum atomic E-state index is 11.2. The number of hydrogen-bond donors (Lipinski definition) is 2. The van der Waals surface area contributed by atoms with Gasteiger partial charge in [-0.25, -0.2) is 0 Å². The lowest BCUT2D eigenvalue weighted by Gasteiger charge is -2.13. The first kappa shape index (κ1) is 15.3. The van der Waals surface area contributed by atoms with E-state index < -0.39 is 12.0 Å². The molecule has 2 N–H and O–H groups in total. The molecule has 0 aliphatic rings. The summed E-state index contributed by atoms with van der Waals surface area (Å²) >= 11 is 0. The van der Waals surface area contributed by atoms with Gasteiger partial charge in [-0.2, -0.15) is 5.10 Å². The van der Waals surface area contributed by atoms with Gasteiger partial charge in [0.05, 0.1) is 6.20 Å². The Balaban J connectivity index is 1.94. The topological polar surface area (TPSA) is 67.2 Å². The average molecular weight is 287 g/mol. The standard InChI is InChI=1S/C16H21N3O2/c1-2-9-17-15(16(20)21)8-10-19-12-14(11-18-19)13-6-4-3-5-7-13/h3-7,11-12,15,17H,2,8-10H2,1H3,(H,20,21). The van der Waals surface area contributed by atoms with Crippen molar-refractivity contribution in [3.63, 3.8) is 0 Å². The fourth-order valence-corrected chi connectivity index (χ4v) is 2.16. The minimum atomic E-state index is -0.807. The van der Waals surface area contributed by atoms with Gasteiger partial charge in [-0.05, 0) is 24.9 Å². The Kier molecular flexibility index (Phi) is 5.51. The van der Waals surface area contributed by atoms with Crippen LogP contribution in [-0.4, -0.2) is 33.4 Å². The number of rotatable bonds is 8. The Morgan fingerprint density at radius 1 is 1.33 bits per heavy atom. The molecular weight excluding hydrogens is 266 g/mol. The summed E-state index contributed by atoms with van der Waals surface area (Å²) in [6.45, 7) is 3.32. The van der Waals surface area contributed by atoms with Crippen molar-refractivity contribution in [2.75, 3.05) is 6.54 Å². The Labute approximate surface area is 124 Å². The molecule has 0 spiro atoms. The molecule has 1 aromatic heterocycles. The average Bonchev–Trinajstić information content (AvgIpc) is 2.97. The Bertz CT molecular complexity index is 566. The summed E-state index contributed by atoms with van der Waals surface area (Å²) in [4.78, 5) is 11.2. The number of nitrogens with zero attached hydrogens (tertiary/aromatic N) is 2. The van der Waals surface area contributed by atoms with Gasteiger partial charge in [-0.3, -0.25) is 9.48 Å². The van der Waals surface area contributed by atoms with Crippen LogP contribution in [0.2, 0.25) is 0 Å². The lowest BCUT2D eigenvalue weighted by Crippen LogP contribution is -2.37. The zero-order chi connectivity index (χ0) is 15.1. The van der Waals surface area contributed by atoms with Gasteiger partial charge in [0, 0.05) is 18.3 Å². The molecule has 5 heteroatoms. The highest BCUT2D eigenvalue weighted by Gasteiger charge is 2.16. The van der Waals surface area contributed by atoms with Crippen LogP contribution in [0, 0.1) is 0 Å². The number of hydrogen-bond acceptors (Lipinski definition) is 3. The number of nitrogens with one attached hydrogen (secondary N) is 1. The van der Waals surface area contributed by atoms with Crippen molar-refractivity contribution in [3.8, 4) is 11.1 Å². The van der Waals surface area contributed by atoms with Crippen LogP contribution in [0.25, 0.3) is 11.1 Å². The number of aliphatic carboxylic acids is 1. The van der Waals surface area contributed by atoms with Gasteiger partial charge in [0.25, 0.3) is 0 Å². The second-order valence-electron chi connectivity index (χ2n) is 4.99. The van der Waals surface area contributed by atoms with E-state index in [-0.39, 0.29) is 0 Å². The normalized spacial score (nSPS) is 12.2. The summed E-state index contributed by atoms with van der Waals surface area (Å²) in [5, 5.41) is 16.5. The smallest absolute Gasteiger partial charge is 0.320 e. The quantitative estimate of drug-likeness (QED) is 0.782. The molecule has 2 rings (SSSR count). The first-order valence-corrected chi connectivity index (χ1v) is 7.24. The fourth-order valence-electron chi connectivity index (χ4n) is 2.16. The number of aromatic nitrogens is 2. The predicted molar refractivity (Wildman–Crippen MR) is 82.0 cm³/mol. The highest BCUT2D eigenvalue weighted by molar-refractivity contribution is 5.73. The third-order valence-corrected chi connectivity index (χ3v) is 3.33. The molecule has 5 nitrogen and oxygen atoms in total. The second-order valence-corrected chi connectivity index (χ2v) is 4.99. The van der Waals surface area contributed by atoms with Crippen molar-refractivity contribution in [1.82, 2.24) is 15.1 Å². The summed E-state index contributed by atoms with van der Waals surface area (Å²) in [7, 11) is 0. The lowest BCUT2D eigenvalue weighted by atomic mass is 10.1. The Morgan fingerprint density at radius 2 is 2.10 bits per heavy atom. The molecule has 0 amide bonds. The van der Waals surface area contributed by atoms with Crippen LogP contribution in [-0.2, 0) is 11.3 Å². The van der Waals surface area contributed by atoms with E-state index in [9.17, 15) is 4.79 Å². The van der Waals surface area contributed by atoms with Gasteiger partial charge >= 0.3 is 5.97 Å². The third-order valence-electron chi connectivity index (χ3n) is 3.33. The molecule has 0 aliphatic heterocycles. The molecule has 0 aliphatic carbocycles. The number of aryl methyl sites for hydroxylation is 1. The van der Waals surface area contributed by atoms with E-state index in [2.05, 4.69) is 10.4 Å². The van der Waals surface area contributed by atoms with Crippen molar-refractivity contribution in [2.24, 2.45) is 0 Å². The Hall–Kier alpha value is -2.14. The van der Waals surface area contributed by atoms with E-state index in [1.165, 1.54) is 0 Å². The van der Waals surface area contributed by atoms with Gasteiger partial charge in [0.1, 0.15) is 6.04 Å². The number of carboxylic acids is 1. The molecule has 1 aromatic carbocycles. The van der Waals surface area contributed by atoms with Crippen LogP contribution >= 0.6 is 0 Å². The molecule has 0 fully saturated rings. The van der Waals surface area contributed by atoms with Crippen LogP contribution in [0.4, 0.5) is 0 Å². The molecule has 0 radical (unpaired) electrons. The highest BCUT2D eigenvalue weighted by Crippen LogP contribution is 2.17. The molecule has 112 valence electrons. The predicted octanol–water partition coefficient (Wildman–Crippen LogP) is 2.39. The SMILES string of the molecule is CCCNC(CCn1cc(-c2ccccc2)cn1)C(=O)O. The number of carbonyl (C=O) groups is 1. The number of carboxylic acid groups (broad SMARTS) is 1. The van der Waals surface area contributed by atoms with E-state index in [0.717, 1.165) is 17.5 Å². The molecular formula is C16H21N3O2. The molecule has 0 bridgehead atoms.